The molecule has 2 aromatic carbocycles. The fraction of sp³-hybridized carbons (Fsp3) is 0.350. The highest BCUT2D eigenvalue weighted by Crippen LogP contribution is 2.28. The predicted molar refractivity (Wildman–Crippen MR) is 100 cm³/mol. The number of nitrogens with zero attached hydrogens (tertiary/aromatic N) is 1. The molecule has 1 N–H and O–H groups in total. The van der Waals surface area contributed by atoms with Gasteiger partial charge < -0.3 is 15.0 Å². The Hall–Kier alpha value is -2.04. The molecule has 2 aromatic rings. The van der Waals surface area contributed by atoms with Crippen LogP contribution in [0.3, 0.4) is 0 Å². The van der Waals surface area contributed by atoms with Crippen LogP contribution in [0.4, 0.5) is 0 Å². The molecule has 4 nitrogen and oxygen atoms in total. The van der Waals surface area contributed by atoms with Crippen molar-refractivity contribution in [2.45, 2.75) is 12.5 Å². The molecule has 25 heavy (non-hydrogen) atoms. The maximum absolute atomic E-state index is 12.6. The predicted octanol–water partition coefficient (Wildman–Crippen LogP) is 3.31. The van der Waals surface area contributed by atoms with Crippen LogP contribution >= 0.6 is 11.6 Å². The van der Waals surface area contributed by atoms with Gasteiger partial charge >= 0.3 is 0 Å². The summed E-state index contributed by atoms with van der Waals surface area (Å²) in [5.74, 6) is 0.742. The van der Waals surface area contributed by atoms with Crippen molar-refractivity contribution in [2.24, 2.45) is 5.92 Å². The monoisotopic (exact) mass is 358 g/mol. The summed E-state index contributed by atoms with van der Waals surface area (Å²) < 4.78 is 5.72. The van der Waals surface area contributed by atoms with Crippen molar-refractivity contribution in [3.05, 3.63) is 64.7 Å². The van der Waals surface area contributed by atoms with Crippen LogP contribution in [0.5, 0.6) is 5.75 Å². The Morgan fingerprint density at radius 2 is 1.96 bits per heavy atom. The van der Waals surface area contributed by atoms with Crippen molar-refractivity contribution in [3.63, 3.8) is 0 Å². The van der Waals surface area contributed by atoms with Crippen molar-refractivity contribution < 1.29 is 9.53 Å². The van der Waals surface area contributed by atoms with E-state index in [4.69, 9.17) is 16.3 Å². The molecule has 1 aliphatic heterocycles. The summed E-state index contributed by atoms with van der Waals surface area (Å²) in [4.78, 5) is 14.7. The average Bonchev–Trinajstić information content (AvgIpc) is 2.62. The third kappa shape index (κ3) is 4.14. The van der Waals surface area contributed by atoms with E-state index in [0.717, 1.165) is 16.9 Å². The minimum Gasteiger partial charge on any atom is -0.492 e. The topological polar surface area (TPSA) is 41.6 Å². The molecular formula is C20H23ClN2O2. The van der Waals surface area contributed by atoms with E-state index in [0.29, 0.717) is 24.6 Å². The number of nitrogens with one attached hydrogen (secondary N) is 1. The highest BCUT2D eigenvalue weighted by molar-refractivity contribution is 6.31. The van der Waals surface area contributed by atoms with Gasteiger partial charge in [-0.3, -0.25) is 4.79 Å². The van der Waals surface area contributed by atoms with Gasteiger partial charge in [0.2, 0.25) is 5.91 Å². The summed E-state index contributed by atoms with van der Waals surface area (Å²) >= 11 is 6.32. The Balaban J connectivity index is 1.64. The van der Waals surface area contributed by atoms with E-state index < -0.39 is 0 Å². The largest absolute Gasteiger partial charge is 0.492 e. The molecule has 2 atom stereocenters. The smallest absolute Gasteiger partial charge is 0.226 e. The third-order valence-corrected chi connectivity index (χ3v) is 4.95. The number of halogens is 1. The van der Waals surface area contributed by atoms with E-state index in [2.05, 4.69) is 10.2 Å². The van der Waals surface area contributed by atoms with Gasteiger partial charge in [-0.2, -0.15) is 0 Å². The molecule has 0 fully saturated rings. The van der Waals surface area contributed by atoms with Gasteiger partial charge in [0.25, 0.3) is 0 Å². The fourth-order valence-corrected chi connectivity index (χ4v) is 3.42. The van der Waals surface area contributed by atoms with Crippen molar-refractivity contribution in [3.8, 4) is 5.75 Å². The zero-order valence-corrected chi connectivity index (χ0v) is 15.3. The summed E-state index contributed by atoms with van der Waals surface area (Å²) in [6.07, 6.45) is 0.709. The molecule has 1 aliphatic rings. The van der Waals surface area contributed by atoms with Gasteiger partial charge in [0.05, 0.1) is 12.0 Å². The first-order valence-corrected chi connectivity index (χ1v) is 8.83. The van der Waals surface area contributed by atoms with E-state index >= 15 is 0 Å². The Kier molecular flexibility index (Phi) is 5.61. The molecule has 0 saturated heterocycles. The minimum atomic E-state index is -0.163. The average molecular weight is 359 g/mol. The zero-order valence-electron chi connectivity index (χ0n) is 14.5. The van der Waals surface area contributed by atoms with Crippen LogP contribution in [-0.4, -0.2) is 38.1 Å². The first kappa shape index (κ1) is 17.8. The van der Waals surface area contributed by atoms with Crippen LogP contribution in [0.2, 0.25) is 5.02 Å². The van der Waals surface area contributed by atoms with Crippen LogP contribution in [0.25, 0.3) is 0 Å². The summed E-state index contributed by atoms with van der Waals surface area (Å²) in [5, 5.41) is 3.78. The van der Waals surface area contributed by atoms with Gasteiger partial charge in [-0.1, -0.05) is 48.0 Å². The second-order valence-electron chi connectivity index (χ2n) is 6.57. The second-order valence-corrected chi connectivity index (χ2v) is 6.97. The highest BCUT2D eigenvalue weighted by atomic mass is 35.5. The van der Waals surface area contributed by atoms with E-state index in [-0.39, 0.29) is 17.9 Å². The van der Waals surface area contributed by atoms with Crippen molar-refractivity contribution in [1.82, 2.24) is 10.2 Å². The highest BCUT2D eigenvalue weighted by Gasteiger charge is 2.27. The number of ether oxygens (including phenoxy) is 1. The fourth-order valence-electron chi connectivity index (χ4n) is 3.15. The molecule has 1 heterocycles. The number of hydrogen-bond donors (Lipinski definition) is 1. The molecule has 0 unspecified atom stereocenters. The van der Waals surface area contributed by atoms with Crippen molar-refractivity contribution in [1.29, 1.82) is 0 Å². The Labute approximate surface area is 153 Å². The van der Waals surface area contributed by atoms with E-state index in [1.165, 1.54) is 0 Å². The number of fused-ring (bicyclic) bond motifs is 1. The Morgan fingerprint density at radius 1 is 1.24 bits per heavy atom. The van der Waals surface area contributed by atoms with Crippen LogP contribution < -0.4 is 10.1 Å². The van der Waals surface area contributed by atoms with Gasteiger partial charge in [-0.15, -0.1) is 0 Å². The van der Waals surface area contributed by atoms with E-state index in [1.807, 2.05) is 62.6 Å². The number of carbonyl (C=O) groups excluding carboxylic acids is 1. The maximum Gasteiger partial charge on any atom is 0.226 e. The number of benzene rings is 2. The third-order valence-electron chi connectivity index (χ3n) is 4.61. The van der Waals surface area contributed by atoms with Gasteiger partial charge in [-0.05, 0) is 43.8 Å². The first-order valence-electron chi connectivity index (χ1n) is 8.45. The number of rotatable bonds is 5. The summed E-state index contributed by atoms with van der Waals surface area (Å²) in [7, 11) is 3.97. The standard InChI is InChI=1S/C20H23ClN2O2/c1-23(2)18(16-8-4-5-9-17(16)21)12-22-20(24)15-11-14-7-3-6-10-19(14)25-13-15/h3-10,15,18H,11-13H2,1-2H3,(H,22,24)/t15-,18-/m1/s1. The lowest BCUT2D eigenvalue weighted by molar-refractivity contribution is -0.126. The van der Waals surface area contributed by atoms with Crippen LogP contribution in [0.15, 0.2) is 48.5 Å². The summed E-state index contributed by atoms with van der Waals surface area (Å²) in [6.45, 7) is 0.926. The Bertz CT molecular complexity index is 748. The molecule has 0 aliphatic carbocycles. The number of hydrogen-bond acceptors (Lipinski definition) is 3. The zero-order chi connectivity index (χ0) is 17.8. The second kappa shape index (κ2) is 7.89. The van der Waals surface area contributed by atoms with Gasteiger partial charge in [-0.25, -0.2) is 0 Å². The molecule has 1 amide bonds. The van der Waals surface area contributed by atoms with Crippen LogP contribution in [0, 0.1) is 5.92 Å². The van der Waals surface area contributed by atoms with Crippen LogP contribution in [-0.2, 0) is 11.2 Å². The normalized spacial score (nSPS) is 17.5. The molecule has 0 saturated carbocycles. The van der Waals surface area contributed by atoms with Gasteiger partial charge in [0.1, 0.15) is 12.4 Å². The molecule has 0 aromatic heterocycles. The number of likely N-dealkylation sites (N-methyl/N-ethyl adjacent to an activating group) is 1. The summed E-state index contributed by atoms with van der Waals surface area (Å²) in [6, 6.07) is 15.7. The molecule has 0 spiro atoms. The van der Waals surface area contributed by atoms with Crippen molar-refractivity contribution >= 4 is 17.5 Å². The van der Waals surface area contributed by atoms with Gasteiger partial charge in [0.15, 0.2) is 0 Å². The lowest BCUT2D eigenvalue weighted by Crippen LogP contribution is -2.41. The lowest BCUT2D eigenvalue weighted by atomic mass is 9.96. The molecule has 0 radical (unpaired) electrons. The van der Waals surface area contributed by atoms with E-state index in [9.17, 15) is 4.79 Å². The number of para-hydroxylation sites is 1. The van der Waals surface area contributed by atoms with E-state index in [1.54, 1.807) is 0 Å². The molecular weight excluding hydrogens is 336 g/mol. The van der Waals surface area contributed by atoms with Crippen molar-refractivity contribution in [2.75, 3.05) is 27.2 Å². The molecule has 3 rings (SSSR count). The minimum absolute atomic E-state index is 0.0217. The first-order chi connectivity index (χ1) is 12.1. The Morgan fingerprint density at radius 3 is 2.72 bits per heavy atom. The number of amides is 1. The maximum atomic E-state index is 12.6. The van der Waals surface area contributed by atoms with Gasteiger partial charge in [0, 0.05) is 11.6 Å². The summed E-state index contributed by atoms with van der Waals surface area (Å²) in [5.41, 5.74) is 2.10. The molecule has 5 heteroatoms. The molecule has 132 valence electrons. The SMILES string of the molecule is CN(C)[C@H](CNC(=O)[C@H]1COc2ccccc2C1)c1ccccc1Cl. The lowest BCUT2D eigenvalue weighted by Gasteiger charge is -2.28. The quantitative estimate of drug-likeness (QED) is 0.891. The number of carbonyl (C=O) groups is 1. The van der Waals surface area contributed by atoms with Crippen LogP contribution in [0.1, 0.15) is 17.2 Å². The molecule has 0 bridgehead atoms.